The van der Waals surface area contributed by atoms with Gasteiger partial charge in [0.25, 0.3) is 0 Å². The molecule has 0 aliphatic rings. The largest absolute Gasteiger partial charge is 0.495 e. The van der Waals surface area contributed by atoms with E-state index in [2.05, 4.69) is 21.2 Å². The Labute approximate surface area is 262 Å². The maximum Gasteiger partial charge on any atom is 0.243 e. The molecule has 0 fully saturated rings. The van der Waals surface area contributed by atoms with Crippen LogP contribution in [0.3, 0.4) is 0 Å². The first kappa shape index (κ1) is 33.4. The maximum atomic E-state index is 13.9. The molecule has 1 N–H and O–H groups in total. The summed E-state index contributed by atoms with van der Waals surface area (Å²) in [6, 6.07) is 21.0. The third-order valence-electron chi connectivity index (χ3n) is 6.54. The fourth-order valence-corrected chi connectivity index (χ4v) is 6.01. The monoisotopic (exact) mass is 677 g/mol. The highest BCUT2D eigenvalue weighted by Gasteiger charge is 2.31. The smallest absolute Gasteiger partial charge is 0.243 e. The molecule has 3 rings (SSSR count). The lowest BCUT2D eigenvalue weighted by atomic mass is 10.0. The highest BCUT2D eigenvalue weighted by molar-refractivity contribution is 9.10. The molecule has 0 aliphatic carbocycles. The number of nitrogens with zero attached hydrogens (tertiary/aromatic N) is 2. The van der Waals surface area contributed by atoms with E-state index in [0.717, 1.165) is 21.9 Å². The van der Waals surface area contributed by atoms with Crippen LogP contribution in [0, 0.1) is 0 Å². The Bertz CT molecular complexity index is 1450. The summed E-state index contributed by atoms with van der Waals surface area (Å²) in [5.74, 6) is -0.0688. The summed E-state index contributed by atoms with van der Waals surface area (Å²) in [7, 11) is -2.19. The van der Waals surface area contributed by atoms with Crippen molar-refractivity contribution in [3.63, 3.8) is 0 Å². The molecule has 0 aliphatic heterocycles. The van der Waals surface area contributed by atoms with Gasteiger partial charge in [0.05, 0.1) is 24.1 Å². The number of carbonyl (C=O) groups is 2. The van der Waals surface area contributed by atoms with E-state index < -0.39 is 16.1 Å². The SMILES string of the molecule is COc1ccc(N(CCCC(=O)N(Cc2ccc(Br)cc2)[C@@H](Cc2ccccc2)C(=O)NC(C)C)S(C)(=O)=O)cc1Cl. The Morgan fingerprint density at radius 2 is 1.67 bits per heavy atom. The van der Waals surface area contributed by atoms with Crippen molar-refractivity contribution in [1.29, 1.82) is 0 Å². The van der Waals surface area contributed by atoms with E-state index in [1.807, 2.05) is 68.4 Å². The number of carbonyl (C=O) groups excluding carboxylic acids is 2. The third kappa shape index (κ3) is 9.74. The standard InChI is InChI=1S/C31H37BrClN3O5S/c1-22(2)34-31(38)28(19-23-9-6-5-7-10-23)35(21-24-12-14-25(32)15-13-24)30(37)11-8-18-36(42(4,39)40)26-16-17-29(41-3)27(33)20-26/h5-7,9-10,12-17,20,22,28H,8,11,18-19,21H2,1-4H3,(H,34,38)/t28-/m0/s1. The number of halogens is 2. The molecule has 42 heavy (non-hydrogen) atoms. The van der Waals surface area contributed by atoms with Crippen LogP contribution in [0.15, 0.2) is 77.3 Å². The van der Waals surface area contributed by atoms with Gasteiger partial charge in [0.2, 0.25) is 21.8 Å². The number of hydrogen-bond acceptors (Lipinski definition) is 5. The van der Waals surface area contributed by atoms with Gasteiger partial charge in [-0.1, -0.05) is 70.0 Å². The first-order valence-corrected chi connectivity index (χ1v) is 16.6. The van der Waals surface area contributed by atoms with Gasteiger partial charge in [0.15, 0.2) is 0 Å². The summed E-state index contributed by atoms with van der Waals surface area (Å²) in [5, 5.41) is 3.25. The zero-order valence-electron chi connectivity index (χ0n) is 24.2. The van der Waals surface area contributed by atoms with Crippen LogP contribution in [0.25, 0.3) is 0 Å². The van der Waals surface area contributed by atoms with E-state index in [0.29, 0.717) is 17.9 Å². The van der Waals surface area contributed by atoms with Crippen LogP contribution in [0.2, 0.25) is 5.02 Å². The number of benzene rings is 3. The minimum atomic E-state index is -3.67. The molecule has 226 valence electrons. The van der Waals surface area contributed by atoms with E-state index in [1.54, 1.807) is 17.0 Å². The van der Waals surface area contributed by atoms with Gasteiger partial charge in [-0.05, 0) is 61.7 Å². The predicted octanol–water partition coefficient (Wildman–Crippen LogP) is 5.82. The molecule has 0 saturated carbocycles. The van der Waals surface area contributed by atoms with E-state index in [-0.39, 0.29) is 48.8 Å². The van der Waals surface area contributed by atoms with Crippen LogP contribution < -0.4 is 14.4 Å². The summed E-state index contributed by atoms with van der Waals surface area (Å²) in [6.45, 7) is 4.03. The second-order valence-electron chi connectivity index (χ2n) is 10.3. The highest BCUT2D eigenvalue weighted by Crippen LogP contribution is 2.30. The summed E-state index contributed by atoms with van der Waals surface area (Å²) in [4.78, 5) is 29.0. The molecule has 0 unspecified atom stereocenters. The second kappa shape index (κ2) is 15.4. The van der Waals surface area contributed by atoms with Crippen molar-refractivity contribution in [3.8, 4) is 5.75 Å². The summed E-state index contributed by atoms with van der Waals surface area (Å²) >= 11 is 9.70. The number of hydrogen-bond donors (Lipinski definition) is 1. The Morgan fingerprint density at radius 3 is 2.24 bits per heavy atom. The number of rotatable bonds is 14. The molecule has 1 atom stereocenters. The van der Waals surface area contributed by atoms with Crippen molar-refractivity contribution in [2.75, 3.05) is 24.2 Å². The fourth-order valence-electron chi connectivity index (χ4n) is 4.54. The van der Waals surface area contributed by atoms with Crippen molar-refractivity contribution >= 4 is 55.1 Å². The average Bonchev–Trinajstić information content (AvgIpc) is 2.93. The van der Waals surface area contributed by atoms with Crippen molar-refractivity contribution < 1.29 is 22.7 Å². The molecule has 0 heterocycles. The molecule has 0 aromatic heterocycles. The molecule has 0 spiro atoms. The number of sulfonamides is 1. The van der Waals surface area contributed by atoms with Gasteiger partial charge in [-0.25, -0.2) is 8.42 Å². The molecule has 0 bridgehead atoms. The third-order valence-corrected chi connectivity index (χ3v) is 8.56. The normalized spacial score (nSPS) is 12.1. The molecule has 2 amide bonds. The maximum absolute atomic E-state index is 13.9. The highest BCUT2D eigenvalue weighted by atomic mass is 79.9. The van der Waals surface area contributed by atoms with E-state index in [4.69, 9.17) is 16.3 Å². The number of nitrogens with one attached hydrogen (secondary N) is 1. The number of amides is 2. The van der Waals surface area contributed by atoms with Crippen molar-refractivity contribution in [2.24, 2.45) is 0 Å². The lowest BCUT2D eigenvalue weighted by Gasteiger charge is -2.32. The molecule has 0 radical (unpaired) electrons. The zero-order chi connectivity index (χ0) is 30.9. The average molecular weight is 679 g/mol. The van der Waals surface area contributed by atoms with E-state index >= 15 is 0 Å². The fraction of sp³-hybridized carbons (Fsp3) is 0.355. The van der Waals surface area contributed by atoms with Crippen molar-refractivity contribution in [3.05, 3.63) is 93.4 Å². The number of anilines is 1. The molecule has 3 aromatic rings. The van der Waals surface area contributed by atoms with Crippen LogP contribution in [0.4, 0.5) is 5.69 Å². The zero-order valence-corrected chi connectivity index (χ0v) is 27.4. The minimum absolute atomic E-state index is 0.0344. The quantitative estimate of drug-likeness (QED) is 0.232. The van der Waals surface area contributed by atoms with Gasteiger partial charge in [-0.2, -0.15) is 0 Å². The first-order chi connectivity index (χ1) is 19.9. The van der Waals surface area contributed by atoms with Crippen molar-refractivity contribution in [1.82, 2.24) is 10.2 Å². The van der Waals surface area contributed by atoms with E-state index in [9.17, 15) is 18.0 Å². The predicted molar refractivity (Wildman–Crippen MR) is 171 cm³/mol. The van der Waals surface area contributed by atoms with Crippen LogP contribution in [-0.2, 0) is 32.6 Å². The van der Waals surface area contributed by atoms with Crippen LogP contribution in [0.1, 0.15) is 37.8 Å². The van der Waals surface area contributed by atoms with Gasteiger partial charge in [0, 0.05) is 36.4 Å². The Morgan fingerprint density at radius 1 is 1.00 bits per heavy atom. The summed E-state index contributed by atoms with van der Waals surface area (Å²) in [6.07, 6.45) is 1.71. The summed E-state index contributed by atoms with van der Waals surface area (Å²) < 4.78 is 32.7. The number of methoxy groups -OCH3 is 1. The van der Waals surface area contributed by atoms with Crippen molar-refractivity contribution in [2.45, 2.75) is 51.7 Å². The van der Waals surface area contributed by atoms with Gasteiger partial charge in [-0.3, -0.25) is 13.9 Å². The summed E-state index contributed by atoms with van der Waals surface area (Å²) in [5.41, 5.74) is 2.17. The van der Waals surface area contributed by atoms with Crippen LogP contribution >= 0.6 is 27.5 Å². The molecule has 0 saturated heterocycles. The van der Waals surface area contributed by atoms with Crippen LogP contribution in [-0.4, -0.2) is 57.1 Å². The van der Waals surface area contributed by atoms with Gasteiger partial charge in [-0.15, -0.1) is 0 Å². The van der Waals surface area contributed by atoms with Crippen LogP contribution in [0.5, 0.6) is 5.75 Å². The lowest BCUT2D eigenvalue weighted by molar-refractivity contribution is -0.141. The molecular formula is C31H37BrClN3O5S. The van der Waals surface area contributed by atoms with Gasteiger partial charge >= 0.3 is 0 Å². The molecule has 11 heteroatoms. The van der Waals surface area contributed by atoms with E-state index in [1.165, 1.54) is 17.5 Å². The lowest BCUT2D eigenvalue weighted by Crippen LogP contribution is -2.51. The molecule has 3 aromatic carbocycles. The van der Waals surface area contributed by atoms with Gasteiger partial charge in [0.1, 0.15) is 11.8 Å². The second-order valence-corrected chi connectivity index (χ2v) is 13.5. The molecule has 8 nitrogen and oxygen atoms in total. The topological polar surface area (TPSA) is 96.0 Å². The Hall–Kier alpha value is -3.08. The molecular weight excluding hydrogens is 642 g/mol. The number of ether oxygens (including phenoxy) is 1. The minimum Gasteiger partial charge on any atom is -0.495 e. The Balaban J connectivity index is 1.88. The first-order valence-electron chi connectivity index (χ1n) is 13.6. The van der Waals surface area contributed by atoms with Gasteiger partial charge < -0.3 is 15.0 Å². The Kier molecular flexibility index (Phi) is 12.3.